The second-order valence-electron chi connectivity index (χ2n) is 8.45. The number of nitrogens with one attached hydrogen (secondary N) is 2. The molecular formula is C25H28ClN5O3. The van der Waals surface area contributed by atoms with Crippen molar-refractivity contribution < 1.29 is 14.1 Å². The van der Waals surface area contributed by atoms with E-state index >= 15 is 0 Å². The molecule has 4 rings (SSSR count). The summed E-state index contributed by atoms with van der Waals surface area (Å²) in [7, 11) is 0. The van der Waals surface area contributed by atoms with Gasteiger partial charge in [0.05, 0.1) is 6.54 Å². The molecule has 1 fully saturated rings. The predicted octanol–water partition coefficient (Wildman–Crippen LogP) is 3.88. The molecule has 3 aromatic rings. The van der Waals surface area contributed by atoms with Crippen molar-refractivity contribution in [1.29, 1.82) is 0 Å². The third-order valence-electron chi connectivity index (χ3n) is 5.84. The first kappa shape index (κ1) is 23.9. The molecule has 2 heterocycles. The van der Waals surface area contributed by atoms with Crippen molar-refractivity contribution in [3.8, 4) is 0 Å². The highest BCUT2D eigenvalue weighted by Gasteiger charge is 2.31. The Morgan fingerprint density at radius 1 is 1.03 bits per heavy atom. The third kappa shape index (κ3) is 6.02. The number of piperazine rings is 1. The van der Waals surface area contributed by atoms with Crippen LogP contribution < -0.4 is 10.6 Å². The SMILES string of the molecule is Cc1cc(NC(=O)CN2CCN(C(C(=O)Nc3ccc(C)c(Cl)c3)c3ccccc3)CC2)no1. The number of aromatic nitrogens is 1. The van der Waals surface area contributed by atoms with Gasteiger partial charge in [-0.25, -0.2) is 0 Å². The summed E-state index contributed by atoms with van der Waals surface area (Å²) in [6.07, 6.45) is 0. The minimum atomic E-state index is -0.449. The van der Waals surface area contributed by atoms with E-state index in [4.69, 9.17) is 16.1 Å². The number of halogens is 1. The van der Waals surface area contributed by atoms with Gasteiger partial charge in [-0.05, 0) is 37.1 Å². The molecule has 0 bridgehead atoms. The van der Waals surface area contributed by atoms with Crippen LogP contribution in [0.1, 0.15) is 22.9 Å². The van der Waals surface area contributed by atoms with Gasteiger partial charge in [-0.15, -0.1) is 0 Å². The fraction of sp³-hybridized carbons (Fsp3) is 0.320. The Balaban J connectivity index is 1.40. The van der Waals surface area contributed by atoms with E-state index in [0.29, 0.717) is 48.5 Å². The van der Waals surface area contributed by atoms with Gasteiger partial charge >= 0.3 is 0 Å². The summed E-state index contributed by atoms with van der Waals surface area (Å²) in [5, 5.41) is 10.2. The van der Waals surface area contributed by atoms with Crippen LogP contribution in [0.25, 0.3) is 0 Å². The molecule has 34 heavy (non-hydrogen) atoms. The number of carbonyl (C=O) groups is 2. The van der Waals surface area contributed by atoms with E-state index in [9.17, 15) is 9.59 Å². The highest BCUT2D eigenvalue weighted by Crippen LogP contribution is 2.26. The number of benzene rings is 2. The van der Waals surface area contributed by atoms with E-state index in [1.807, 2.05) is 49.4 Å². The number of hydrogen-bond acceptors (Lipinski definition) is 6. The van der Waals surface area contributed by atoms with Gasteiger partial charge in [0.15, 0.2) is 5.82 Å². The molecule has 9 heteroatoms. The molecule has 1 unspecified atom stereocenters. The molecule has 1 saturated heterocycles. The monoisotopic (exact) mass is 481 g/mol. The molecule has 0 saturated carbocycles. The summed E-state index contributed by atoms with van der Waals surface area (Å²) in [5.41, 5.74) is 2.55. The van der Waals surface area contributed by atoms with E-state index in [1.54, 1.807) is 19.1 Å². The van der Waals surface area contributed by atoms with Gasteiger partial charge in [0.2, 0.25) is 11.8 Å². The summed E-state index contributed by atoms with van der Waals surface area (Å²) >= 11 is 6.24. The van der Waals surface area contributed by atoms with Gasteiger partial charge in [-0.3, -0.25) is 19.4 Å². The Kier molecular flexibility index (Phi) is 7.62. The Morgan fingerprint density at radius 3 is 2.41 bits per heavy atom. The number of anilines is 2. The highest BCUT2D eigenvalue weighted by molar-refractivity contribution is 6.31. The molecule has 2 aromatic carbocycles. The average molecular weight is 482 g/mol. The summed E-state index contributed by atoms with van der Waals surface area (Å²) in [5.74, 6) is 0.800. The summed E-state index contributed by atoms with van der Waals surface area (Å²) in [6, 6.07) is 16.5. The smallest absolute Gasteiger partial charge is 0.246 e. The zero-order valence-corrected chi connectivity index (χ0v) is 20.0. The quantitative estimate of drug-likeness (QED) is 0.532. The van der Waals surface area contributed by atoms with E-state index < -0.39 is 6.04 Å². The van der Waals surface area contributed by atoms with Crippen molar-refractivity contribution in [2.24, 2.45) is 0 Å². The Labute approximate surface area is 203 Å². The molecule has 178 valence electrons. The van der Waals surface area contributed by atoms with Gasteiger partial charge in [0.25, 0.3) is 0 Å². The minimum Gasteiger partial charge on any atom is -0.360 e. The molecule has 2 amide bonds. The van der Waals surface area contributed by atoms with Crippen LogP contribution in [0.2, 0.25) is 5.02 Å². The van der Waals surface area contributed by atoms with Crippen LogP contribution in [0.15, 0.2) is 59.1 Å². The lowest BCUT2D eigenvalue weighted by Crippen LogP contribution is -2.51. The van der Waals surface area contributed by atoms with Crippen LogP contribution in [0.4, 0.5) is 11.5 Å². The standard InChI is InChI=1S/C25H28ClN5O3/c1-17-8-9-20(15-21(17)26)27-25(33)24(19-6-4-3-5-7-19)31-12-10-30(11-13-31)16-23(32)28-22-14-18(2)34-29-22/h3-9,14-15,24H,10-13,16H2,1-2H3,(H,27,33)(H,28,29,32). The van der Waals surface area contributed by atoms with Gasteiger partial charge < -0.3 is 15.2 Å². The first-order valence-electron chi connectivity index (χ1n) is 11.2. The van der Waals surface area contributed by atoms with Gasteiger partial charge in [0.1, 0.15) is 11.8 Å². The van der Waals surface area contributed by atoms with Crippen LogP contribution in [-0.4, -0.2) is 59.5 Å². The van der Waals surface area contributed by atoms with E-state index in [1.165, 1.54) is 0 Å². The first-order valence-corrected chi connectivity index (χ1v) is 11.6. The molecule has 0 aliphatic carbocycles. The summed E-state index contributed by atoms with van der Waals surface area (Å²) in [4.78, 5) is 30.0. The topological polar surface area (TPSA) is 90.7 Å². The Bertz CT molecular complexity index is 1140. The van der Waals surface area contributed by atoms with Crippen LogP contribution in [0, 0.1) is 13.8 Å². The Morgan fingerprint density at radius 2 is 1.76 bits per heavy atom. The van der Waals surface area contributed by atoms with Crippen LogP contribution in [0.3, 0.4) is 0 Å². The summed E-state index contributed by atoms with van der Waals surface area (Å²) in [6.45, 7) is 6.58. The van der Waals surface area contributed by atoms with Crippen LogP contribution in [-0.2, 0) is 9.59 Å². The van der Waals surface area contributed by atoms with Gasteiger partial charge in [-0.1, -0.05) is 53.2 Å². The molecule has 1 aliphatic heterocycles. The first-order chi connectivity index (χ1) is 16.4. The Hall–Kier alpha value is -3.20. The lowest BCUT2D eigenvalue weighted by molar-refractivity contribution is -0.123. The number of amides is 2. The molecule has 0 spiro atoms. The third-order valence-corrected chi connectivity index (χ3v) is 6.24. The maximum absolute atomic E-state index is 13.4. The second-order valence-corrected chi connectivity index (χ2v) is 8.86. The van der Waals surface area contributed by atoms with Crippen molar-refractivity contribution in [1.82, 2.24) is 15.0 Å². The fourth-order valence-electron chi connectivity index (χ4n) is 4.04. The molecule has 2 N–H and O–H groups in total. The average Bonchev–Trinajstić information content (AvgIpc) is 3.22. The maximum Gasteiger partial charge on any atom is 0.246 e. The highest BCUT2D eigenvalue weighted by atomic mass is 35.5. The van der Waals surface area contributed by atoms with Crippen molar-refractivity contribution in [3.63, 3.8) is 0 Å². The zero-order valence-electron chi connectivity index (χ0n) is 19.3. The van der Waals surface area contributed by atoms with Crippen LogP contribution >= 0.6 is 11.6 Å². The largest absolute Gasteiger partial charge is 0.360 e. The van der Waals surface area contributed by atoms with Gasteiger partial charge in [0, 0.05) is 43.0 Å². The molecule has 1 atom stereocenters. The molecular weight excluding hydrogens is 454 g/mol. The normalized spacial score (nSPS) is 15.6. The molecule has 1 aromatic heterocycles. The second kappa shape index (κ2) is 10.8. The van der Waals surface area contributed by atoms with Crippen molar-refractivity contribution in [2.75, 3.05) is 43.4 Å². The number of carbonyl (C=O) groups excluding carboxylic acids is 2. The summed E-state index contributed by atoms with van der Waals surface area (Å²) < 4.78 is 4.98. The lowest BCUT2D eigenvalue weighted by Gasteiger charge is -2.38. The zero-order chi connectivity index (χ0) is 24.1. The van der Waals surface area contributed by atoms with E-state index in [0.717, 1.165) is 11.1 Å². The number of hydrogen-bond donors (Lipinski definition) is 2. The molecule has 0 radical (unpaired) electrons. The predicted molar refractivity (Wildman–Crippen MR) is 132 cm³/mol. The number of aryl methyl sites for hydroxylation is 2. The van der Waals surface area contributed by atoms with Crippen molar-refractivity contribution in [2.45, 2.75) is 19.9 Å². The van der Waals surface area contributed by atoms with Gasteiger partial charge in [-0.2, -0.15) is 0 Å². The van der Waals surface area contributed by atoms with E-state index in [2.05, 4.69) is 25.6 Å². The lowest BCUT2D eigenvalue weighted by atomic mass is 10.0. The fourth-order valence-corrected chi connectivity index (χ4v) is 4.22. The molecule has 8 nitrogen and oxygen atoms in total. The van der Waals surface area contributed by atoms with Crippen LogP contribution in [0.5, 0.6) is 0 Å². The number of nitrogens with zero attached hydrogens (tertiary/aromatic N) is 3. The molecule has 1 aliphatic rings. The maximum atomic E-state index is 13.4. The van der Waals surface area contributed by atoms with E-state index in [-0.39, 0.29) is 18.4 Å². The minimum absolute atomic E-state index is 0.112. The number of rotatable bonds is 7. The van der Waals surface area contributed by atoms with Crippen molar-refractivity contribution in [3.05, 3.63) is 76.5 Å². The van der Waals surface area contributed by atoms with Crippen molar-refractivity contribution >= 4 is 34.9 Å².